The lowest BCUT2D eigenvalue weighted by Crippen LogP contribution is -2.14. The number of hydrogen-bond donors (Lipinski definition) is 1. The number of carbonyl (C=O) groups excluding carboxylic acids is 1. The SMILES string of the molecule is Cc1cc(C)n2nc(SCC(=O)Nc3ccc(C)c([N+](=O)[O-])c3)nc2n1. The molecule has 1 amide bonds. The molecule has 0 bridgehead atoms. The van der Waals surface area contributed by atoms with Crippen LogP contribution >= 0.6 is 11.8 Å². The Balaban J connectivity index is 1.67. The second-order valence-electron chi connectivity index (χ2n) is 5.74. The molecule has 26 heavy (non-hydrogen) atoms. The number of thioether (sulfide) groups is 1. The molecule has 0 saturated heterocycles. The van der Waals surface area contributed by atoms with Crippen molar-refractivity contribution in [2.75, 3.05) is 11.1 Å². The number of amides is 1. The molecule has 3 rings (SSSR count). The van der Waals surface area contributed by atoms with Gasteiger partial charge >= 0.3 is 0 Å². The van der Waals surface area contributed by atoms with Crippen LogP contribution in [0.15, 0.2) is 29.4 Å². The molecule has 0 aliphatic carbocycles. The van der Waals surface area contributed by atoms with Gasteiger partial charge in [0.2, 0.25) is 11.1 Å². The molecule has 0 aliphatic heterocycles. The van der Waals surface area contributed by atoms with Crippen LogP contribution in [0.3, 0.4) is 0 Å². The quantitative estimate of drug-likeness (QED) is 0.416. The molecule has 0 aliphatic rings. The van der Waals surface area contributed by atoms with Crippen LogP contribution in [0.25, 0.3) is 5.78 Å². The van der Waals surface area contributed by atoms with Crippen molar-refractivity contribution in [2.45, 2.75) is 25.9 Å². The highest BCUT2D eigenvalue weighted by molar-refractivity contribution is 7.99. The van der Waals surface area contributed by atoms with Crippen LogP contribution in [-0.2, 0) is 4.79 Å². The number of benzene rings is 1. The number of nitro benzene ring substituents is 1. The number of aryl methyl sites for hydroxylation is 3. The molecular formula is C16H16N6O3S. The van der Waals surface area contributed by atoms with Gasteiger partial charge < -0.3 is 5.32 Å². The number of aromatic nitrogens is 4. The van der Waals surface area contributed by atoms with Gasteiger partial charge in [0, 0.05) is 28.7 Å². The van der Waals surface area contributed by atoms with E-state index < -0.39 is 4.92 Å². The van der Waals surface area contributed by atoms with E-state index in [9.17, 15) is 14.9 Å². The molecule has 9 nitrogen and oxygen atoms in total. The predicted octanol–water partition coefficient (Wildman–Crippen LogP) is 2.69. The van der Waals surface area contributed by atoms with E-state index in [0.29, 0.717) is 22.2 Å². The van der Waals surface area contributed by atoms with Gasteiger partial charge in [0.15, 0.2) is 0 Å². The van der Waals surface area contributed by atoms with Gasteiger partial charge in [-0.15, -0.1) is 5.10 Å². The minimum absolute atomic E-state index is 0.0330. The highest BCUT2D eigenvalue weighted by Gasteiger charge is 2.14. The van der Waals surface area contributed by atoms with Gasteiger partial charge in [-0.05, 0) is 32.9 Å². The predicted molar refractivity (Wildman–Crippen MR) is 97.4 cm³/mol. The van der Waals surface area contributed by atoms with Crippen LogP contribution in [-0.4, -0.2) is 36.2 Å². The number of nitrogens with one attached hydrogen (secondary N) is 1. The Morgan fingerprint density at radius 3 is 2.77 bits per heavy atom. The third-order valence-electron chi connectivity index (χ3n) is 3.62. The Hall–Kier alpha value is -3.01. The Kier molecular flexibility index (Phi) is 4.85. The highest BCUT2D eigenvalue weighted by atomic mass is 32.2. The number of hydrogen-bond acceptors (Lipinski definition) is 7. The zero-order valence-electron chi connectivity index (χ0n) is 14.4. The summed E-state index contributed by atoms with van der Waals surface area (Å²) < 4.78 is 1.62. The summed E-state index contributed by atoms with van der Waals surface area (Å²) in [7, 11) is 0. The fourth-order valence-corrected chi connectivity index (χ4v) is 3.04. The van der Waals surface area contributed by atoms with E-state index in [1.54, 1.807) is 23.6 Å². The maximum atomic E-state index is 12.1. The van der Waals surface area contributed by atoms with Gasteiger partial charge in [-0.3, -0.25) is 14.9 Å². The van der Waals surface area contributed by atoms with Crippen LogP contribution < -0.4 is 5.32 Å². The standard InChI is InChI=1S/C16H16N6O3S/c1-9-4-5-12(7-13(9)22(24)25)18-14(23)8-26-16-19-15-17-10(2)6-11(3)21(15)20-16/h4-7H,8H2,1-3H3,(H,18,23). The van der Waals surface area contributed by atoms with Gasteiger partial charge in [-0.1, -0.05) is 17.8 Å². The van der Waals surface area contributed by atoms with Gasteiger partial charge in [-0.2, -0.15) is 4.98 Å². The minimum atomic E-state index is -0.475. The largest absolute Gasteiger partial charge is 0.325 e. The summed E-state index contributed by atoms with van der Waals surface area (Å²) in [6, 6.07) is 6.47. The maximum Gasteiger partial charge on any atom is 0.274 e. The van der Waals surface area contributed by atoms with Crippen molar-refractivity contribution in [3.63, 3.8) is 0 Å². The van der Waals surface area contributed by atoms with Gasteiger partial charge in [-0.25, -0.2) is 9.50 Å². The first kappa shape index (κ1) is 17.8. The van der Waals surface area contributed by atoms with E-state index in [1.807, 2.05) is 19.9 Å². The average Bonchev–Trinajstić information content (AvgIpc) is 2.98. The molecule has 0 atom stereocenters. The van der Waals surface area contributed by atoms with Crippen LogP contribution in [0.1, 0.15) is 17.0 Å². The van der Waals surface area contributed by atoms with Crippen LogP contribution in [0.4, 0.5) is 11.4 Å². The lowest BCUT2D eigenvalue weighted by Gasteiger charge is -2.05. The van der Waals surface area contributed by atoms with Crippen molar-refractivity contribution in [3.05, 3.63) is 51.3 Å². The molecule has 3 aromatic rings. The lowest BCUT2D eigenvalue weighted by molar-refractivity contribution is -0.385. The first-order valence-electron chi connectivity index (χ1n) is 7.72. The lowest BCUT2D eigenvalue weighted by atomic mass is 10.2. The molecule has 10 heteroatoms. The third kappa shape index (κ3) is 3.80. The van der Waals surface area contributed by atoms with Crippen molar-refractivity contribution in [1.29, 1.82) is 0 Å². The van der Waals surface area contributed by atoms with Gasteiger partial charge in [0.05, 0.1) is 10.7 Å². The van der Waals surface area contributed by atoms with E-state index in [-0.39, 0.29) is 17.3 Å². The van der Waals surface area contributed by atoms with E-state index in [4.69, 9.17) is 0 Å². The molecule has 2 aromatic heterocycles. The molecule has 1 aromatic carbocycles. The molecule has 0 radical (unpaired) electrons. The van der Waals surface area contributed by atoms with Crippen LogP contribution in [0.2, 0.25) is 0 Å². The number of carbonyl (C=O) groups is 1. The van der Waals surface area contributed by atoms with Crippen molar-refractivity contribution in [2.24, 2.45) is 0 Å². The van der Waals surface area contributed by atoms with E-state index in [1.165, 1.54) is 17.8 Å². The zero-order valence-corrected chi connectivity index (χ0v) is 15.2. The molecule has 0 unspecified atom stereocenters. The van der Waals surface area contributed by atoms with Crippen LogP contribution in [0.5, 0.6) is 0 Å². The first-order valence-corrected chi connectivity index (χ1v) is 8.71. The summed E-state index contributed by atoms with van der Waals surface area (Å²) in [6.07, 6.45) is 0. The van der Waals surface area contributed by atoms with Gasteiger partial charge in [0.1, 0.15) is 0 Å². The normalized spacial score (nSPS) is 10.9. The molecule has 134 valence electrons. The number of fused-ring (bicyclic) bond motifs is 1. The minimum Gasteiger partial charge on any atom is -0.325 e. The number of nitrogens with zero attached hydrogens (tertiary/aromatic N) is 5. The van der Waals surface area contributed by atoms with Crippen molar-refractivity contribution in [1.82, 2.24) is 19.6 Å². The van der Waals surface area contributed by atoms with Crippen molar-refractivity contribution < 1.29 is 9.72 Å². The monoisotopic (exact) mass is 372 g/mol. The summed E-state index contributed by atoms with van der Waals surface area (Å²) in [6.45, 7) is 5.43. The summed E-state index contributed by atoms with van der Waals surface area (Å²) in [5.41, 5.74) is 2.63. The van der Waals surface area contributed by atoms with E-state index in [2.05, 4.69) is 20.4 Å². The topological polar surface area (TPSA) is 115 Å². The Bertz CT molecular complexity index is 1020. The number of nitro groups is 1. The van der Waals surface area contributed by atoms with Gasteiger partial charge in [0.25, 0.3) is 11.5 Å². The number of rotatable bonds is 5. The Labute approximate surface area is 153 Å². The molecule has 0 spiro atoms. The molecule has 1 N–H and O–H groups in total. The third-order valence-corrected chi connectivity index (χ3v) is 4.46. The Morgan fingerprint density at radius 2 is 2.04 bits per heavy atom. The summed E-state index contributed by atoms with van der Waals surface area (Å²) in [5, 5.41) is 18.4. The van der Waals surface area contributed by atoms with Crippen molar-refractivity contribution >= 4 is 34.8 Å². The number of anilines is 1. The maximum absolute atomic E-state index is 12.1. The molecule has 0 fully saturated rings. The Morgan fingerprint density at radius 1 is 1.27 bits per heavy atom. The zero-order chi connectivity index (χ0) is 18.8. The molecular weight excluding hydrogens is 356 g/mol. The van der Waals surface area contributed by atoms with Crippen LogP contribution in [0, 0.1) is 30.9 Å². The highest BCUT2D eigenvalue weighted by Crippen LogP contribution is 2.23. The molecule has 0 saturated carbocycles. The average molecular weight is 372 g/mol. The van der Waals surface area contributed by atoms with E-state index in [0.717, 1.165) is 11.4 Å². The fraction of sp³-hybridized carbons (Fsp3) is 0.250. The summed E-state index contributed by atoms with van der Waals surface area (Å²) in [5.74, 6) is 0.267. The fourth-order valence-electron chi connectivity index (χ4n) is 2.42. The summed E-state index contributed by atoms with van der Waals surface area (Å²) in [4.78, 5) is 31.2. The first-order chi connectivity index (χ1) is 12.3. The van der Waals surface area contributed by atoms with Crippen molar-refractivity contribution in [3.8, 4) is 0 Å². The van der Waals surface area contributed by atoms with E-state index >= 15 is 0 Å². The summed E-state index contributed by atoms with van der Waals surface area (Å²) >= 11 is 1.17. The second-order valence-corrected chi connectivity index (χ2v) is 6.68. The molecule has 2 heterocycles. The second kappa shape index (κ2) is 7.08. The smallest absolute Gasteiger partial charge is 0.274 e.